The Labute approximate surface area is 334 Å². The van der Waals surface area contributed by atoms with Crippen molar-refractivity contribution in [1.29, 1.82) is 0 Å². The van der Waals surface area contributed by atoms with Crippen LogP contribution >= 0.6 is 0 Å². The summed E-state index contributed by atoms with van der Waals surface area (Å²) in [5.41, 5.74) is 8.54. The van der Waals surface area contributed by atoms with Crippen LogP contribution in [-0.4, -0.2) is 14.5 Å². The zero-order valence-electron chi connectivity index (χ0n) is 32.4. The summed E-state index contributed by atoms with van der Waals surface area (Å²) in [5.74, 6) is 2.88. The molecule has 0 saturated heterocycles. The first-order valence-electron chi connectivity index (χ1n) is 18.3. The van der Waals surface area contributed by atoms with Crippen molar-refractivity contribution in [3.63, 3.8) is 0 Å². The van der Waals surface area contributed by atoms with Crippen LogP contribution in [0.1, 0.15) is 79.0 Å². The Hall–Kier alpha value is -4.93. The van der Waals surface area contributed by atoms with Crippen molar-refractivity contribution in [2.75, 3.05) is 9.80 Å². The van der Waals surface area contributed by atoms with Crippen LogP contribution in [-0.2, 0) is 37.3 Å². The van der Waals surface area contributed by atoms with E-state index in [1.807, 2.05) is 36.7 Å². The number of fused-ring (bicyclic) bond motifs is 4. The van der Waals surface area contributed by atoms with Crippen LogP contribution in [0.5, 0.6) is 11.5 Å². The first kappa shape index (κ1) is 37.4. The maximum atomic E-state index is 6.55. The minimum atomic E-state index is -0.0526. The van der Waals surface area contributed by atoms with Crippen molar-refractivity contribution in [2.24, 2.45) is 0 Å². The molecule has 0 amide bonds. The molecule has 278 valence electrons. The van der Waals surface area contributed by atoms with Gasteiger partial charge in [0.2, 0.25) is 0 Å². The van der Waals surface area contributed by atoms with Gasteiger partial charge in [-0.05, 0) is 74.7 Å². The molecular formula is C47H46N5OPt-3. The van der Waals surface area contributed by atoms with Gasteiger partial charge < -0.3 is 19.1 Å². The standard InChI is InChI=1S/C47H46N5O.Pt/c1-45(2,3)31-14-12-15-34(24-31)50-30-51(44-42(50)25-33(29-49-44)47(7,8)9)35-16-13-17-36(27-35)53-37-20-21-39-38-18-10-11-19-40(38)52(41(39)28-37)43-26-32(22-23-48-43)46(4,5)6;/h10-26,29-30H,1-9H3;/q-3;. The maximum Gasteiger partial charge on any atom is 0.135 e. The van der Waals surface area contributed by atoms with Crippen molar-refractivity contribution >= 4 is 44.7 Å². The van der Waals surface area contributed by atoms with E-state index in [0.29, 0.717) is 11.5 Å². The molecule has 0 radical (unpaired) electrons. The molecule has 4 heterocycles. The Balaban J connectivity index is 0.00000450. The Kier molecular flexibility index (Phi) is 9.51. The van der Waals surface area contributed by atoms with E-state index in [-0.39, 0.29) is 37.3 Å². The van der Waals surface area contributed by atoms with Gasteiger partial charge in [0, 0.05) is 56.2 Å². The molecule has 4 aromatic carbocycles. The third kappa shape index (κ3) is 6.93. The molecule has 54 heavy (non-hydrogen) atoms. The Morgan fingerprint density at radius 3 is 2.07 bits per heavy atom. The predicted molar refractivity (Wildman–Crippen MR) is 218 cm³/mol. The Bertz CT molecular complexity index is 2500. The molecule has 8 rings (SSSR count). The smallest absolute Gasteiger partial charge is 0.135 e. The van der Waals surface area contributed by atoms with Gasteiger partial charge in [0.25, 0.3) is 0 Å². The van der Waals surface area contributed by atoms with Gasteiger partial charge in [-0.3, -0.25) is 0 Å². The van der Waals surface area contributed by atoms with E-state index in [0.717, 1.165) is 50.5 Å². The summed E-state index contributed by atoms with van der Waals surface area (Å²) in [6.45, 7) is 22.2. The summed E-state index contributed by atoms with van der Waals surface area (Å²) in [6.07, 6.45) is 3.89. The largest absolute Gasteiger partial charge is 0.509 e. The molecule has 1 aliphatic heterocycles. The van der Waals surface area contributed by atoms with Crippen molar-refractivity contribution < 1.29 is 25.8 Å². The van der Waals surface area contributed by atoms with Crippen LogP contribution in [0.15, 0.2) is 109 Å². The number of para-hydroxylation sites is 1. The third-order valence-corrected chi connectivity index (χ3v) is 10.1. The number of nitrogens with zero attached hydrogens (tertiary/aromatic N) is 5. The second kappa shape index (κ2) is 13.7. The fourth-order valence-corrected chi connectivity index (χ4v) is 6.89. The van der Waals surface area contributed by atoms with E-state index in [2.05, 4.69) is 168 Å². The number of rotatable bonds is 5. The second-order valence-corrected chi connectivity index (χ2v) is 17.1. The number of anilines is 4. The Morgan fingerprint density at radius 1 is 0.611 bits per heavy atom. The monoisotopic (exact) mass is 891 g/mol. The zero-order valence-corrected chi connectivity index (χ0v) is 34.7. The van der Waals surface area contributed by atoms with Crippen molar-refractivity contribution in [3.05, 3.63) is 145 Å². The minimum absolute atomic E-state index is 0. The number of pyridine rings is 2. The SMILES string of the molecule is CC(C)(C)c1cccc(N2[CH-]N(c3[c-]c(Oc4[c-]c5c(cc4)c4ccccc4n5-c4cc(C(C)(C)C)ccn4)ccc3)c3ncc(C(C)(C)C)cc32)c1.[Pt]. The van der Waals surface area contributed by atoms with E-state index in [1.165, 1.54) is 16.7 Å². The van der Waals surface area contributed by atoms with Crippen molar-refractivity contribution in [3.8, 4) is 17.3 Å². The molecule has 7 aromatic rings. The van der Waals surface area contributed by atoms with Crippen LogP contribution in [0.25, 0.3) is 27.6 Å². The second-order valence-electron chi connectivity index (χ2n) is 17.1. The summed E-state index contributed by atoms with van der Waals surface area (Å²) in [4.78, 5) is 14.2. The van der Waals surface area contributed by atoms with Gasteiger partial charge in [0.15, 0.2) is 0 Å². The summed E-state index contributed by atoms with van der Waals surface area (Å²) in [5, 5.41) is 2.23. The van der Waals surface area contributed by atoms with Gasteiger partial charge >= 0.3 is 0 Å². The summed E-state index contributed by atoms with van der Waals surface area (Å²) in [7, 11) is 0. The Morgan fingerprint density at radius 2 is 1.31 bits per heavy atom. The van der Waals surface area contributed by atoms with Crippen molar-refractivity contribution in [1.82, 2.24) is 14.5 Å². The summed E-state index contributed by atoms with van der Waals surface area (Å²) < 4.78 is 8.73. The molecule has 0 atom stereocenters. The van der Waals surface area contributed by atoms with E-state index in [1.54, 1.807) is 0 Å². The molecule has 0 aliphatic carbocycles. The quantitative estimate of drug-likeness (QED) is 0.161. The number of hydrogen-bond donors (Lipinski definition) is 0. The third-order valence-electron chi connectivity index (χ3n) is 10.1. The molecular weight excluding hydrogens is 846 g/mol. The zero-order chi connectivity index (χ0) is 37.3. The van der Waals surface area contributed by atoms with Gasteiger partial charge in [-0.25, -0.2) is 9.97 Å². The van der Waals surface area contributed by atoms with Crippen LogP contribution in [0.3, 0.4) is 0 Å². The van der Waals surface area contributed by atoms with Crippen LogP contribution in [0, 0.1) is 18.8 Å². The molecule has 0 unspecified atom stereocenters. The van der Waals surface area contributed by atoms with Gasteiger partial charge in [0.1, 0.15) is 11.6 Å². The van der Waals surface area contributed by atoms with E-state index >= 15 is 0 Å². The molecule has 3 aromatic heterocycles. The maximum absolute atomic E-state index is 6.55. The average molecular weight is 892 g/mol. The number of aromatic nitrogens is 3. The minimum Gasteiger partial charge on any atom is -0.509 e. The van der Waals surface area contributed by atoms with Crippen LogP contribution in [0.2, 0.25) is 0 Å². The van der Waals surface area contributed by atoms with Gasteiger partial charge in [-0.2, -0.15) is 12.1 Å². The van der Waals surface area contributed by atoms with E-state index in [9.17, 15) is 0 Å². The summed E-state index contributed by atoms with van der Waals surface area (Å²) >= 11 is 0. The molecule has 0 bridgehead atoms. The first-order valence-corrected chi connectivity index (χ1v) is 18.3. The molecule has 0 fully saturated rings. The number of benzene rings is 4. The number of ether oxygens (including phenoxy) is 1. The molecule has 0 spiro atoms. The topological polar surface area (TPSA) is 46.4 Å². The fourth-order valence-electron chi connectivity index (χ4n) is 6.89. The molecule has 6 nitrogen and oxygen atoms in total. The van der Waals surface area contributed by atoms with E-state index in [4.69, 9.17) is 14.7 Å². The summed E-state index contributed by atoms with van der Waals surface area (Å²) in [6, 6.07) is 40.9. The van der Waals surface area contributed by atoms with Gasteiger partial charge in [0.05, 0.1) is 5.69 Å². The van der Waals surface area contributed by atoms with E-state index < -0.39 is 0 Å². The van der Waals surface area contributed by atoms with Gasteiger partial charge in [-0.1, -0.05) is 104 Å². The van der Waals surface area contributed by atoms with Gasteiger partial charge in [-0.15, -0.1) is 42.4 Å². The molecule has 7 heteroatoms. The van der Waals surface area contributed by atoms with Crippen LogP contribution in [0.4, 0.5) is 22.9 Å². The van der Waals surface area contributed by atoms with Crippen molar-refractivity contribution in [2.45, 2.75) is 78.6 Å². The average Bonchev–Trinajstić information content (AvgIpc) is 3.66. The fraction of sp³-hybridized carbons (Fsp3) is 0.255. The predicted octanol–water partition coefficient (Wildman–Crippen LogP) is 12.3. The normalized spacial score (nSPS) is 13.4. The van der Waals surface area contributed by atoms with Crippen LogP contribution < -0.4 is 14.5 Å². The molecule has 0 saturated carbocycles. The number of hydrogen-bond acceptors (Lipinski definition) is 5. The molecule has 1 aliphatic rings. The first-order chi connectivity index (χ1) is 25.1. The molecule has 0 N–H and O–H groups in total.